The first kappa shape index (κ1) is 9.15. The van der Waals surface area contributed by atoms with Crippen LogP contribution >= 0.6 is 0 Å². The highest BCUT2D eigenvalue weighted by Gasteiger charge is 2.44. The number of rotatable bonds is 3. The molecule has 4 nitrogen and oxygen atoms in total. The molecule has 1 N–H and O–H groups in total. The summed E-state index contributed by atoms with van der Waals surface area (Å²) in [5.41, 5.74) is 0.789. The van der Waals surface area contributed by atoms with Crippen molar-refractivity contribution in [2.45, 2.75) is 5.41 Å². The summed E-state index contributed by atoms with van der Waals surface area (Å²) in [4.78, 5) is 10.2. The summed E-state index contributed by atoms with van der Waals surface area (Å²) < 4.78 is 0. The molecular weight excluding hydrogens is 180 g/mol. The van der Waals surface area contributed by atoms with E-state index in [4.69, 9.17) is 0 Å². The highest BCUT2D eigenvalue weighted by molar-refractivity contribution is 5.29. The van der Waals surface area contributed by atoms with Crippen LogP contribution in [0.4, 0.5) is 0 Å². The number of benzene rings is 1. The molecule has 0 amide bonds. The van der Waals surface area contributed by atoms with Gasteiger partial charge in [0.2, 0.25) is 0 Å². The standard InChI is InChI=1S/C10H12N2O2/c13-8-10(6-12(7-10)11-14)9-4-2-1-3-5-9/h1-5,13H,6-8H2. The van der Waals surface area contributed by atoms with Crippen molar-refractivity contribution in [2.24, 2.45) is 5.29 Å². The lowest BCUT2D eigenvalue weighted by Crippen LogP contribution is -2.58. The van der Waals surface area contributed by atoms with E-state index in [1.807, 2.05) is 30.3 Å². The fourth-order valence-electron chi connectivity index (χ4n) is 1.88. The van der Waals surface area contributed by atoms with E-state index in [0.29, 0.717) is 13.1 Å². The monoisotopic (exact) mass is 192 g/mol. The maximum Gasteiger partial charge on any atom is 0.0569 e. The fourth-order valence-corrected chi connectivity index (χ4v) is 1.88. The molecule has 4 heteroatoms. The molecule has 0 saturated carbocycles. The largest absolute Gasteiger partial charge is 0.395 e. The van der Waals surface area contributed by atoms with Gasteiger partial charge in [-0.1, -0.05) is 30.3 Å². The van der Waals surface area contributed by atoms with Crippen molar-refractivity contribution in [1.29, 1.82) is 0 Å². The first-order chi connectivity index (χ1) is 6.80. The molecule has 2 rings (SSSR count). The number of aliphatic hydroxyl groups is 1. The van der Waals surface area contributed by atoms with Crippen LogP contribution in [0.1, 0.15) is 5.56 Å². The topological polar surface area (TPSA) is 52.9 Å². The minimum absolute atomic E-state index is 0.0586. The van der Waals surface area contributed by atoms with E-state index < -0.39 is 0 Å². The zero-order valence-corrected chi connectivity index (χ0v) is 7.76. The highest BCUT2D eigenvalue weighted by atomic mass is 16.3. The lowest BCUT2D eigenvalue weighted by Gasteiger charge is -2.46. The van der Waals surface area contributed by atoms with Gasteiger partial charge in [0, 0.05) is 0 Å². The van der Waals surface area contributed by atoms with Crippen molar-refractivity contribution in [3.05, 3.63) is 40.8 Å². The van der Waals surface area contributed by atoms with Crippen LogP contribution in [-0.2, 0) is 5.41 Å². The van der Waals surface area contributed by atoms with Gasteiger partial charge in [-0.25, -0.2) is 0 Å². The Bertz CT molecular complexity index is 320. The number of aliphatic hydroxyl groups excluding tert-OH is 1. The molecule has 0 atom stereocenters. The molecular formula is C10H12N2O2. The second kappa shape index (κ2) is 3.38. The molecule has 1 aliphatic rings. The molecule has 1 aromatic carbocycles. The van der Waals surface area contributed by atoms with Crippen molar-refractivity contribution in [2.75, 3.05) is 19.7 Å². The molecule has 74 valence electrons. The first-order valence-corrected chi connectivity index (χ1v) is 4.55. The zero-order chi connectivity index (χ0) is 10.0. The number of nitroso groups, excluding NO2 is 1. The van der Waals surface area contributed by atoms with Gasteiger partial charge in [-0.2, -0.15) is 0 Å². The Balaban J connectivity index is 2.20. The molecule has 0 radical (unpaired) electrons. The van der Waals surface area contributed by atoms with Crippen LogP contribution in [-0.4, -0.2) is 29.8 Å². The van der Waals surface area contributed by atoms with Crippen molar-refractivity contribution in [3.63, 3.8) is 0 Å². The summed E-state index contributed by atoms with van der Waals surface area (Å²) in [6.45, 7) is 1.08. The maximum absolute atomic E-state index is 10.2. The zero-order valence-electron chi connectivity index (χ0n) is 7.76. The molecule has 1 aromatic rings. The summed E-state index contributed by atoms with van der Waals surface area (Å²) in [5, 5.41) is 13.6. The van der Waals surface area contributed by atoms with Gasteiger partial charge in [-0.3, -0.25) is 5.01 Å². The van der Waals surface area contributed by atoms with Crippen LogP contribution in [0.25, 0.3) is 0 Å². The Labute approximate surface area is 82.1 Å². The molecule has 1 heterocycles. The van der Waals surface area contributed by atoms with E-state index >= 15 is 0 Å². The van der Waals surface area contributed by atoms with Crippen LogP contribution in [0.2, 0.25) is 0 Å². The molecule has 0 unspecified atom stereocenters. The lowest BCUT2D eigenvalue weighted by molar-refractivity contribution is 0.0202. The third-order valence-corrected chi connectivity index (χ3v) is 2.77. The lowest BCUT2D eigenvalue weighted by atomic mass is 9.75. The maximum atomic E-state index is 10.2. The molecule has 0 aliphatic carbocycles. The van der Waals surface area contributed by atoms with E-state index in [1.165, 1.54) is 5.01 Å². The van der Waals surface area contributed by atoms with Gasteiger partial charge in [-0.05, 0) is 5.56 Å². The Kier molecular flexibility index (Phi) is 2.21. The minimum atomic E-state index is -0.283. The Morgan fingerprint density at radius 3 is 2.50 bits per heavy atom. The van der Waals surface area contributed by atoms with E-state index in [1.54, 1.807) is 0 Å². The van der Waals surface area contributed by atoms with Gasteiger partial charge < -0.3 is 5.11 Å². The Hall–Kier alpha value is -1.42. The minimum Gasteiger partial charge on any atom is -0.395 e. The summed E-state index contributed by atoms with van der Waals surface area (Å²) in [6, 6.07) is 9.74. The van der Waals surface area contributed by atoms with Crippen LogP contribution in [0.5, 0.6) is 0 Å². The van der Waals surface area contributed by atoms with Gasteiger partial charge in [0.05, 0.1) is 30.4 Å². The molecule has 1 aliphatic heterocycles. The highest BCUT2D eigenvalue weighted by Crippen LogP contribution is 2.33. The quantitative estimate of drug-likeness (QED) is 0.724. The SMILES string of the molecule is O=NN1CC(CO)(c2ccccc2)C1. The molecule has 1 fully saturated rings. The fraction of sp³-hybridized carbons (Fsp3) is 0.400. The van der Waals surface area contributed by atoms with E-state index in [-0.39, 0.29) is 12.0 Å². The van der Waals surface area contributed by atoms with Crippen LogP contribution in [0.3, 0.4) is 0 Å². The van der Waals surface area contributed by atoms with Gasteiger partial charge in [0.1, 0.15) is 0 Å². The van der Waals surface area contributed by atoms with Crippen molar-refractivity contribution in [3.8, 4) is 0 Å². The van der Waals surface area contributed by atoms with Crippen LogP contribution in [0, 0.1) is 4.91 Å². The van der Waals surface area contributed by atoms with Gasteiger partial charge in [-0.15, -0.1) is 4.91 Å². The second-order valence-electron chi connectivity index (χ2n) is 3.71. The van der Waals surface area contributed by atoms with Gasteiger partial charge in [0.25, 0.3) is 0 Å². The normalized spacial score (nSPS) is 18.8. The summed E-state index contributed by atoms with van der Waals surface area (Å²) in [5.74, 6) is 0. The predicted molar refractivity (Wildman–Crippen MR) is 52.6 cm³/mol. The number of nitrogens with zero attached hydrogens (tertiary/aromatic N) is 2. The Morgan fingerprint density at radius 1 is 1.36 bits per heavy atom. The smallest absolute Gasteiger partial charge is 0.0569 e. The predicted octanol–water partition coefficient (Wildman–Crippen LogP) is 0.914. The van der Waals surface area contributed by atoms with Crippen molar-refractivity contribution in [1.82, 2.24) is 5.01 Å². The summed E-state index contributed by atoms with van der Waals surface area (Å²) in [7, 11) is 0. The third-order valence-electron chi connectivity index (χ3n) is 2.77. The van der Waals surface area contributed by atoms with Crippen LogP contribution < -0.4 is 0 Å². The molecule has 14 heavy (non-hydrogen) atoms. The molecule has 1 saturated heterocycles. The molecule has 0 bridgehead atoms. The Morgan fingerprint density at radius 2 is 2.00 bits per heavy atom. The second-order valence-corrected chi connectivity index (χ2v) is 3.71. The summed E-state index contributed by atoms with van der Waals surface area (Å²) in [6.07, 6.45) is 0. The average Bonchev–Trinajstić information content (AvgIpc) is 2.19. The first-order valence-electron chi connectivity index (χ1n) is 4.55. The third kappa shape index (κ3) is 1.28. The van der Waals surface area contributed by atoms with E-state index in [0.717, 1.165) is 5.56 Å². The molecule has 0 spiro atoms. The van der Waals surface area contributed by atoms with Crippen LogP contribution in [0.15, 0.2) is 35.6 Å². The van der Waals surface area contributed by atoms with Crippen molar-refractivity contribution < 1.29 is 5.11 Å². The number of hydrogen-bond acceptors (Lipinski definition) is 3. The molecule has 0 aromatic heterocycles. The van der Waals surface area contributed by atoms with E-state index in [2.05, 4.69) is 5.29 Å². The van der Waals surface area contributed by atoms with Gasteiger partial charge >= 0.3 is 0 Å². The van der Waals surface area contributed by atoms with Crippen molar-refractivity contribution >= 4 is 0 Å². The van der Waals surface area contributed by atoms with Gasteiger partial charge in [0.15, 0.2) is 0 Å². The number of hydrogen-bond donors (Lipinski definition) is 1. The summed E-state index contributed by atoms with van der Waals surface area (Å²) >= 11 is 0. The van der Waals surface area contributed by atoms with E-state index in [9.17, 15) is 10.0 Å². The average molecular weight is 192 g/mol.